The number of aryl methyl sites for hydroxylation is 1. The summed E-state index contributed by atoms with van der Waals surface area (Å²) in [6.07, 6.45) is 1.99. The molecule has 0 bridgehead atoms. The molecule has 1 heteroatoms. The van der Waals surface area contributed by atoms with Crippen molar-refractivity contribution in [2.45, 2.75) is 26.2 Å². The highest BCUT2D eigenvalue weighted by Gasteiger charge is 2.25. The standard InChI is InChI=1S/C12H15N/c1-9-4-5-10-7-13-8-12(2,3)11(10)6-9/h4-7H,8H2,1-3H3. The molecule has 0 N–H and O–H groups in total. The van der Waals surface area contributed by atoms with Crippen LogP contribution in [0.5, 0.6) is 0 Å². The first kappa shape index (κ1) is 8.49. The van der Waals surface area contributed by atoms with Crippen LogP contribution in [0.2, 0.25) is 0 Å². The van der Waals surface area contributed by atoms with E-state index in [9.17, 15) is 0 Å². The smallest absolute Gasteiger partial charge is 0.0481 e. The lowest BCUT2D eigenvalue weighted by atomic mass is 9.80. The lowest BCUT2D eigenvalue weighted by molar-refractivity contribution is 0.534. The fraction of sp³-hybridized carbons (Fsp3) is 0.417. The van der Waals surface area contributed by atoms with Crippen molar-refractivity contribution in [1.29, 1.82) is 0 Å². The van der Waals surface area contributed by atoms with Crippen molar-refractivity contribution in [3.05, 3.63) is 34.9 Å². The fourth-order valence-corrected chi connectivity index (χ4v) is 1.83. The zero-order valence-corrected chi connectivity index (χ0v) is 8.46. The van der Waals surface area contributed by atoms with Crippen molar-refractivity contribution in [3.63, 3.8) is 0 Å². The van der Waals surface area contributed by atoms with E-state index in [-0.39, 0.29) is 5.41 Å². The van der Waals surface area contributed by atoms with Gasteiger partial charge in [-0.25, -0.2) is 0 Å². The Labute approximate surface area is 79.5 Å². The molecule has 2 rings (SSSR count). The number of nitrogens with zero attached hydrogens (tertiary/aromatic N) is 1. The van der Waals surface area contributed by atoms with E-state index in [0.717, 1.165) is 6.54 Å². The second-order valence-electron chi connectivity index (χ2n) is 4.44. The Morgan fingerprint density at radius 3 is 2.85 bits per heavy atom. The van der Waals surface area contributed by atoms with Gasteiger partial charge in [0, 0.05) is 18.2 Å². The van der Waals surface area contributed by atoms with E-state index in [1.165, 1.54) is 16.7 Å². The van der Waals surface area contributed by atoms with Gasteiger partial charge >= 0.3 is 0 Å². The van der Waals surface area contributed by atoms with Crippen LogP contribution in [0.4, 0.5) is 0 Å². The van der Waals surface area contributed by atoms with Crippen LogP contribution in [-0.2, 0) is 5.41 Å². The molecule has 1 aliphatic rings. The maximum atomic E-state index is 4.38. The van der Waals surface area contributed by atoms with Gasteiger partial charge in [-0.1, -0.05) is 37.6 Å². The third-order valence-corrected chi connectivity index (χ3v) is 2.65. The molecule has 0 spiro atoms. The molecular formula is C12H15N. The number of hydrogen-bond donors (Lipinski definition) is 0. The van der Waals surface area contributed by atoms with E-state index in [0.29, 0.717) is 0 Å². The Hall–Kier alpha value is -1.11. The lowest BCUT2D eigenvalue weighted by Crippen LogP contribution is -2.26. The summed E-state index contributed by atoms with van der Waals surface area (Å²) in [5.74, 6) is 0. The summed E-state index contributed by atoms with van der Waals surface area (Å²) < 4.78 is 0. The van der Waals surface area contributed by atoms with Crippen LogP contribution in [0.15, 0.2) is 23.2 Å². The number of benzene rings is 1. The van der Waals surface area contributed by atoms with Crippen LogP contribution in [0.1, 0.15) is 30.5 Å². The largest absolute Gasteiger partial charge is 0.292 e. The predicted molar refractivity (Wildman–Crippen MR) is 56.7 cm³/mol. The van der Waals surface area contributed by atoms with E-state index in [2.05, 4.69) is 44.0 Å². The highest BCUT2D eigenvalue weighted by Crippen LogP contribution is 2.29. The van der Waals surface area contributed by atoms with E-state index in [4.69, 9.17) is 0 Å². The van der Waals surface area contributed by atoms with Gasteiger partial charge in [0.15, 0.2) is 0 Å². The molecule has 1 heterocycles. The Kier molecular flexibility index (Phi) is 1.76. The topological polar surface area (TPSA) is 12.4 Å². The molecule has 0 radical (unpaired) electrons. The van der Waals surface area contributed by atoms with Gasteiger partial charge in [0.25, 0.3) is 0 Å². The second kappa shape index (κ2) is 2.69. The zero-order chi connectivity index (χ0) is 9.47. The molecule has 0 aromatic heterocycles. The van der Waals surface area contributed by atoms with Crippen LogP contribution in [0, 0.1) is 6.92 Å². The Bertz CT molecular complexity index is 361. The minimum Gasteiger partial charge on any atom is -0.292 e. The van der Waals surface area contributed by atoms with Crippen molar-refractivity contribution in [2.75, 3.05) is 6.54 Å². The van der Waals surface area contributed by atoms with Crippen LogP contribution in [0.3, 0.4) is 0 Å². The summed E-state index contributed by atoms with van der Waals surface area (Å²) in [5, 5.41) is 0. The predicted octanol–water partition coefficient (Wildman–Crippen LogP) is 2.71. The van der Waals surface area contributed by atoms with Crippen LogP contribution >= 0.6 is 0 Å². The van der Waals surface area contributed by atoms with Gasteiger partial charge in [0.2, 0.25) is 0 Å². The highest BCUT2D eigenvalue weighted by atomic mass is 14.7. The molecule has 0 fully saturated rings. The summed E-state index contributed by atoms with van der Waals surface area (Å²) in [7, 11) is 0. The quantitative estimate of drug-likeness (QED) is 0.572. The molecule has 0 aliphatic carbocycles. The molecule has 0 saturated heterocycles. The summed E-state index contributed by atoms with van der Waals surface area (Å²) in [4.78, 5) is 4.38. The normalized spacial score (nSPS) is 18.4. The maximum absolute atomic E-state index is 4.38. The van der Waals surface area contributed by atoms with Gasteiger partial charge in [-0.3, -0.25) is 4.99 Å². The van der Waals surface area contributed by atoms with E-state index < -0.39 is 0 Å². The van der Waals surface area contributed by atoms with E-state index in [1.807, 2.05) is 6.21 Å². The van der Waals surface area contributed by atoms with E-state index >= 15 is 0 Å². The van der Waals surface area contributed by atoms with Crippen LogP contribution in [0.25, 0.3) is 0 Å². The fourth-order valence-electron chi connectivity index (χ4n) is 1.83. The van der Waals surface area contributed by atoms with Gasteiger partial charge in [-0.15, -0.1) is 0 Å². The molecule has 1 aromatic carbocycles. The van der Waals surface area contributed by atoms with E-state index in [1.54, 1.807) is 0 Å². The molecule has 1 aliphatic heterocycles. The Balaban J connectivity index is 2.62. The van der Waals surface area contributed by atoms with Crippen molar-refractivity contribution < 1.29 is 0 Å². The molecule has 0 atom stereocenters. The van der Waals surface area contributed by atoms with Gasteiger partial charge in [0.1, 0.15) is 0 Å². The van der Waals surface area contributed by atoms with Gasteiger partial charge in [-0.2, -0.15) is 0 Å². The number of fused-ring (bicyclic) bond motifs is 1. The maximum Gasteiger partial charge on any atom is 0.0481 e. The van der Waals surface area contributed by atoms with Gasteiger partial charge < -0.3 is 0 Å². The summed E-state index contributed by atoms with van der Waals surface area (Å²) in [6, 6.07) is 6.59. The molecule has 0 amide bonds. The highest BCUT2D eigenvalue weighted by molar-refractivity contribution is 5.84. The van der Waals surface area contributed by atoms with Gasteiger partial charge in [-0.05, 0) is 18.1 Å². The third-order valence-electron chi connectivity index (χ3n) is 2.65. The van der Waals surface area contributed by atoms with Crippen LogP contribution < -0.4 is 0 Å². The minimum atomic E-state index is 0.204. The SMILES string of the molecule is Cc1ccc2c(c1)C(C)(C)CN=C2. The Morgan fingerprint density at radius 1 is 1.31 bits per heavy atom. The first-order chi connectivity index (χ1) is 6.09. The summed E-state index contributed by atoms with van der Waals surface area (Å²) >= 11 is 0. The Morgan fingerprint density at radius 2 is 2.08 bits per heavy atom. The van der Waals surface area contributed by atoms with Crippen molar-refractivity contribution in [3.8, 4) is 0 Å². The number of hydrogen-bond acceptors (Lipinski definition) is 1. The van der Waals surface area contributed by atoms with Crippen molar-refractivity contribution >= 4 is 6.21 Å². The minimum absolute atomic E-state index is 0.204. The third kappa shape index (κ3) is 1.39. The lowest BCUT2D eigenvalue weighted by Gasteiger charge is -2.28. The zero-order valence-electron chi connectivity index (χ0n) is 8.46. The number of rotatable bonds is 0. The molecular weight excluding hydrogens is 158 g/mol. The average Bonchev–Trinajstić information content (AvgIpc) is 2.06. The molecule has 0 unspecified atom stereocenters. The van der Waals surface area contributed by atoms with Crippen LogP contribution in [-0.4, -0.2) is 12.8 Å². The molecule has 1 nitrogen and oxygen atoms in total. The monoisotopic (exact) mass is 173 g/mol. The molecule has 0 saturated carbocycles. The summed E-state index contributed by atoms with van der Waals surface area (Å²) in [5.41, 5.74) is 4.25. The van der Waals surface area contributed by atoms with Gasteiger partial charge in [0.05, 0.1) is 0 Å². The first-order valence-electron chi connectivity index (χ1n) is 4.70. The average molecular weight is 173 g/mol. The second-order valence-corrected chi connectivity index (χ2v) is 4.44. The molecule has 68 valence electrons. The molecule has 1 aromatic rings. The summed E-state index contributed by atoms with van der Waals surface area (Å²) in [6.45, 7) is 7.55. The first-order valence-corrected chi connectivity index (χ1v) is 4.70. The number of aliphatic imine (C=N–C) groups is 1. The van der Waals surface area contributed by atoms with Crippen molar-refractivity contribution in [2.24, 2.45) is 4.99 Å². The molecule has 13 heavy (non-hydrogen) atoms. The van der Waals surface area contributed by atoms with Crippen molar-refractivity contribution in [1.82, 2.24) is 0 Å².